The van der Waals surface area contributed by atoms with Gasteiger partial charge in [-0.15, -0.1) is 0 Å². The summed E-state index contributed by atoms with van der Waals surface area (Å²) < 4.78 is 56.0. The van der Waals surface area contributed by atoms with Gasteiger partial charge < -0.3 is 51.2 Å². The SMILES string of the molecule is NCCOCCOCCOCCNC(=O)c1ccc(SN)cc1.O=C(O)CCNC(=O)c1cc(N2CCC(NC3=NCCCN3)CC2)cc(C(F)(F)F)c1. The molecule has 1 saturated heterocycles. The number of ether oxygens (including phenoxy) is 3. The molecule has 9 N–H and O–H groups in total. The van der Waals surface area contributed by atoms with Crippen LogP contribution in [0.3, 0.4) is 0 Å². The zero-order valence-electron chi connectivity index (χ0n) is 30.1. The van der Waals surface area contributed by atoms with Crippen LogP contribution >= 0.6 is 11.9 Å². The number of benzene rings is 2. The smallest absolute Gasteiger partial charge is 0.416 e. The first-order valence-corrected chi connectivity index (χ1v) is 18.6. The predicted molar refractivity (Wildman–Crippen MR) is 200 cm³/mol. The molecule has 1 fully saturated rings. The van der Waals surface area contributed by atoms with Crippen LogP contribution < -0.4 is 37.0 Å². The van der Waals surface area contributed by atoms with Gasteiger partial charge in [0.15, 0.2) is 5.96 Å². The van der Waals surface area contributed by atoms with Gasteiger partial charge in [-0.2, -0.15) is 13.2 Å². The molecule has 0 aliphatic carbocycles. The summed E-state index contributed by atoms with van der Waals surface area (Å²) >= 11 is 1.15. The molecule has 2 aromatic carbocycles. The topological polar surface area (TPSA) is 215 Å². The molecule has 4 rings (SSSR count). The highest BCUT2D eigenvalue weighted by Gasteiger charge is 2.33. The average molecular weight is 785 g/mol. The molecular weight excluding hydrogens is 733 g/mol. The van der Waals surface area contributed by atoms with Crippen LogP contribution in [0.5, 0.6) is 0 Å². The molecular formula is C35H51F3N8O7S. The summed E-state index contributed by atoms with van der Waals surface area (Å²) in [5.74, 6) is -1.19. The Balaban J connectivity index is 0.000000305. The largest absolute Gasteiger partial charge is 0.481 e. The number of piperidine rings is 1. The van der Waals surface area contributed by atoms with Gasteiger partial charge in [-0.05, 0) is 73.7 Å². The Morgan fingerprint density at radius 1 is 0.907 bits per heavy atom. The molecule has 15 nitrogen and oxygen atoms in total. The number of anilines is 1. The van der Waals surface area contributed by atoms with Gasteiger partial charge in [0.25, 0.3) is 11.8 Å². The number of nitrogens with two attached hydrogens (primary N) is 2. The number of carboxylic acid groups (broad SMARTS) is 1. The number of rotatable bonds is 19. The van der Waals surface area contributed by atoms with Crippen molar-refractivity contribution >= 4 is 41.4 Å². The van der Waals surface area contributed by atoms with E-state index in [1.54, 1.807) is 12.1 Å². The van der Waals surface area contributed by atoms with Crippen molar-refractivity contribution in [2.45, 2.75) is 42.8 Å². The normalized spacial score (nSPS) is 14.6. The molecule has 2 heterocycles. The second-order valence-electron chi connectivity index (χ2n) is 12.1. The van der Waals surface area contributed by atoms with E-state index in [0.717, 1.165) is 67.3 Å². The van der Waals surface area contributed by atoms with Crippen LogP contribution in [0.2, 0.25) is 0 Å². The third kappa shape index (κ3) is 16.9. The number of nitrogens with zero attached hydrogens (tertiary/aromatic N) is 2. The Hall–Kier alpha value is -4.14. The number of guanidine groups is 1. The van der Waals surface area contributed by atoms with Crippen LogP contribution in [0, 0.1) is 0 Å². The van der Waals surface area contributed by atoms with E-state index >= 15 is 0 Å². The van der Waals surface area contributed by atoms with Gasteiger partial charge in [-0.3, -0.25) is 24.5 Å². The number of nitrogens with one attached hydrogen (secondary N) is 4. The summed E-state index contributed by atoms with van der Waals surface area (Å²) in [7, 11) is 0. The first-order valence-electron chi connectivity index (χ1n) is 17.7. The molecule has 2 aliphatic heterocycles. The summed E-state index contributed by atoms with van der Waals surface area (Å²) in [4.78, 5) is 41.9. The number of hydrogen-bond donors (Lipinski definition) is 7. The second kappa shape index (κ2) is 24.3. The standard InChI is InChI=1S/C20H26F3N5O3.C15H25N3O4S/c21-20(22,23)14-10-13(18(31)24-7-2-17(29)30)11-16(12-14)28-8-3-15(4-9-28)27-19-25-5-1-6-26-19;16-5-7-20-9-11-22-12-10-21-8-6-18-15(19)13-1-3-14(23-17)4-2-13/h10-12,15H,1-9H2,(H,24,31)(H,29,30)(H2,25,26,27);1-4H,5-12,16-17H2,(H,18,19). The zero-order chi connectivity index (χ0) is 39.2. The van der Waals surface area contributed by atoms with Crippen LogP contribution in [-0.2, 0) is 25.2 Å². The predicted octanol–water partition coefficient (Wildman–Crippen LogP) is 2.21. The minimum absolute atomic E-state index is 0.129. The maximum absolute atomic E-state index is 13.4. The number of hydrogen-bond acceptors (Lipinski definition) is 13. The van der Waals surface area contributed by atoms with Gasteiger partial charge in [0.1, 0.15) is 0 Å². The minimum atomic E-state index is -4.60. The fraction of sp³-hybridized carbons (Fsp3) is 0.543. The van der Waals surface area contributed by atoms with Crippen molar-refractivity contribution in [1.82, 2.24) is 21.3 Å². The van der Waals surface area contributed by atoms with E-state index in [-0.39, 0.29) is 30.5 Å². The van der Waals surface area contributed by atoms with Gasteiger partial charge in [-0.1, -0.05) is 0 Å². The second-order valence-corrected chi connectivity index (χ2v) is 12.8. The highest BCUT2D eigenvalue weighted by Crippen LogP contribution is 2.34. The molecule has 19 heteroatoms. The van der Waals surface area contributed by atoms with Crippen molar-refractivity contribution in [3.63, 3.8) is 0 Å². The van der Waals surface area contributed by atoms with Gasteiger partial charge in [0.05, 0.1) is 51.6 Å². The minimum Gasteiger partial charge on any atom is -0.481 e. The van der Waals surface area contributed by atoms with Crippen molar-refractivity contribution in [3.05, 3.63) is 59.2 Å². The molecule has 2 amide bonds. The Labute approximate surface area is 317 Å². The highest BCUT2D eigenvalue weighted by atomic mass is 32.2. The number of carboxylic acids is 1. The summed E-state index contributed by atoms with van der Waals surface area (Å²) in [6.07, 6.45) is -2.48. The number of halogens is 3. The third-order valence-electron chi connectivity index (χ3n) is 8.02. The first kappa shape index (κ1) is 44.3. The highest BCUT2D eigenvalue weighted by molar-refractivity contribution is 7.97. The molecule has 300 valence electrons. The van der Waals surface area contributed by atoms with Crippen LogP contribution in [0.15, 0.2) is 52.4 Å². The lowest BCUT2D eigenvalue weighted by molar-refractivity contribution is -0.138. The van der Waals surface area contributed by atoms with Crippen molar-refractivity contribution < 1.29 is 46.9 Å². The molecule has 2 aromatic rings. The maximum Gasteiger partial charge on any atom is 0.416 e. The molecule has 54 heavy (non-hydrogen) atoms. The Morgan fingerprint density at radius 3 is 2.13 bits per heavy atom. The quantitative estimate of drug-likeness (QED) is 0.0805. The fourth-order valence-corrected chi connectivity index (χ4v) is 5.52. The summed E-state index contributed by atoms with van der Waals surface area (Å²) in [6.45, 7) is 6.55. The number of alkyl halides is 3. The van der Waals surface area contributed by atoms with Crippen molar-refractivity contribution in [2.75, 3.05) is 90.4 Å². The molecule has 2 aliphatic rings. The van der Waals surface area contributed by atoms with E-state index in [4.69, 9.17) is 30.2 Å². The fourth-order valence-electron chi connectivity index (χ4n) is 5.23. The molecule has 0 bridgehead atoms. The van der Waals surface area contributed by atoms with E-state index in [1.807, 2.05) is 17.0 Å². The van der Waals surface area contributed by atoms with E-state index in [0.29, 0.717) is 77.1 Å². The third-order valence-corrected chi connectivity index (χ3v) is 8.56. The maximum atomic E-state index is 13.4. The summed E-state index contributed by atoms with van der Waals surface area (Å²) in [5.41, 5.74) is 5.16. The molecule has 0 saturated carbocycles. The molecule has 0 atom stereocenters. The molecule has 0 unspecified atom stereocenters. The first-order chi connectivity index (χ1) is 26.0. The van der Waals surface area contributed by atoms with Gasteiger partial charge in [0, 0.05) is 73.6 Å². The van der Waals surface area contributed by atoms with Crippen LogP contribution in [0.4, 0.5) is 18.9 Å². The number of aliphatic imine (C=N–C) groups is 1. The summed E-state index contributed by atoms with van der Waals surface area (Å²) in [5, 5.41) is 25.8. The van der Waals surface area contributed by atoms with E-state index < -0.39 is 23.6 Å². The lowest BCUT2D eigenvalue weighted by Crippen LogP contribution is -2.50. The molecule has 0 radical (unpaired) electrons. The molecule has 0 aromatic heterocycles. The number of carbonyl (C=O) groups excluding carboxylic acids is 2. The average Bonchev–Trinajstić information content (AvgIpc) is 3.17. The monoisotopic (exact) mass is 784 g/mol. The van der Waals surface area contributed by atoms with Crippen LogP contribution in [0.25, 0.3) is 0 Å². The van der Waals surface area contributed by atoms with E-state index in [2.05, 4.69) is 26.3 Å². The lowest BCUT2D eigenvalue weighted by Gasteiger charge is -2.35. The Bertz CT molecular complexity index is 1480. The number of aliphatic carboxylic acids is 1. The van der Waals surface area contributed by atoms with Crippen molar-refractivity contribution in [2.24, 2.45) is 15.9 Å². The van der Waals surface area contributed by atoms with Crippen molar-refractivity contribution in [3.8, 4) is 0 Å². The zero-order valence-corrected chi connectivity index (χ0v) is 30.9. The number of carbonyl (C=O) groups is 3. The van der Waals surface area contributed by atoms with E-state index in [1.165, 1.54) is 6.07 Å². The Morgan fingerprint density at radius 2 is 1.54 bits per heavy atom. The number of amides is 2. The van der Waals surface area contributed by atoms with Gasteiger partial charge >= 0.3 is 12.1 Å². The summed E-state index contributed by atoms with van der Waals surface area (Å²) in [6, 6.07) is 10.5. The lowest BCUT2D eigenvalue weighted by atomic mass is 10.0. The molecule has 0 spiro atoms. The van der Waals surface area contributed by atoms with Crippen LogP contribution in [0.1, 0.15) is 52.0 Å². The van der Waals surface area contributed by atoms with Crippen LogP contribution in [-0.4, -0.2) is 120 Å². The van der Waals surface area contributed by atoms with E-state index in [9.17, 15) is 27.6 Å². The van der Waals surface area contributed by atoms with Gasteiger partial charge in [0.2, 0.25) is 0 Å². The van der Waals surface area contributed by atoms with Gasteiger partial charge in [-0.25, -0.2) is 0 Å². The van der Waals surface area contributed by atoms with Crippen molar-refractivity contribution in [1.29, 1.82) is 0 Å². The Kier molecular flexibility index (Phi) is 19.9.